The molecule has 0 bridgehead atoms. The molecule has 19 heavy (non-hydrogen) atoms. The molecule has 1 aliphatic carbocycles. The number of benzene rings is 1. The molecule has 1 aliphatic rings. The molecule has 1 aromatic rings. The normalized spacial score (nSPS) is 23.2. The lowest BCUT2D eigenvalue weighted by Gasteiger charge is -2.33. The van der Waals surface area contributed by atoms with Crippen molar-refractivity contribution in [1.82, 2.24) is 4.90 Å². The van der Waals surface area contributed by atoms with Gasteiger partial charge in [-0.15, -0.1) is 0 Å². The molecule has 1 fully saturated rings. The third-order valence-electron chi connectivity index (χ3n) is 4.01. The van der Waals surface area contributed by atoms with Gasteiger partial charge in [0.1, 0.15) is 5.82 Å². The summed E-state index contributed by atoms with van der Waals surface area (Å²) in [5.41, 5.74) is 0.530. The Hall–Kier alpha value is -0.900. The highest BCUT2D eigenvalue weighted by atomic mass is 79.9. The highest BCUT2D eigenvalue weighted by molar-refractivity contribution is 9.10. The van der Waals surface area contributed by atoms with Crippen molar-refractivity contribution in [3.63, 3.8) is 0 Å². The number of amides is 1. The molecule has 104 valence electrons. The second kappa shape index (κ2) is 6.04. The first kappa shape index (κ1) is 14.5. The fourth-order valence-corrected chi connectivity index (χ4v) is 3.17. The predicted molar refractivity (Wildman–Crippen MR) is 77.6 cm³/mol. The number of carbonyl (C=O) groups excluding carboxylic acids is 1. The van der Waals surface area contributed by atoms with Gasteiger partial charge in [-0.25, -0.2) is 4.39 Å². The summed E-state index contributed by atoms with van der Waals surface area (Å²) in [7, 11) is 1.85. The van der Waals surface area contributed by atoms with Gasteiger partial charge < -0.3 is 4.90 Å². The maximum atomic E-state index is 13.1. The molecule has 0 atom stereocenters. The molecular formula is C15H19BrFNO. The molecule has 1 aromatic carbocycles. The van der Waals surface area contributed by atoms with Gasteiger partial charge in [-0.05, 0) is 65.7 Å². The molecule has 1 saturated carbocycles. The van der Waals surface area contributed by atoms with Gasteiger partial charge in [0.25, 0.3) is 5.91 Å². The van der Waals surface area contributed by atoms with Crippen molar-refractivity contribution in [1.29, 1.82) is 0 Å². The van der Waals surface area contributed by atoms with Crippen LogP contribution in [0.4, 0.5) is 4.39 Å². The summed E-state index contributed by atoms with van der Waals surface area (Å²) in [4.78, 5) is 14.2. The number of hydrogen-bond donors (Lipinski definition) is 0. The van der Waals surface area contributed by atoms with Crippen LogP contribution in [0.2, 0.25) is 0 Å². The number of nitrogens with zero attached hydrogens (tertiary/aromatic N) is 1. The van der Waals surface area contributed by atoms with Crippen LogP contribution in [0.5, 0.6) is 0 Å². The summed E-state index contributed by atoms with van der Waals surface area (Å²) in [5.74, 6) is 0.390. The Morgan fingerprint density at radius 1 is 1.32 bits per heavy atom. The first-order valence-corrected chi connectivity index (χ1v) is 7.50. The Morgan fingerprint density at radius 2 is 1.95 bits per heavy atom. The van der Waals surface area contributed by atoms with E-state index in [4.69, 9.17) is 0 Å². The predicted octanol–water partition coefficient (Wildman–Crippen LogP) is 4.24. The second-order valence-corrected chi connectivity index (χ2v) is 6.31. The Morgan fingerprint density at radius 3 is 2.53 bits per heavy atom. The first-order chi connectivity index (χ1) is 8.99. The van der Waals surface area contributed by atoms with Crippen molar-refractivity contribution in [2.45, 2.75) is 38.6 Å². The summed E-state index contributed by atoms with van der Waals surface area (Å²) >= 11 is 3.26. The fraction of sp³-hybridized carbons (Fsp3) is 0.533. The van der Waals surface area contributed by atoms with Crippen LogP contribution < -0.4 is 0 Å². The SMILES string of the molecule is CC1CCC(N(C)C(=O)c2ccc(F)cc2Br)CC1. The lowest BCUT2D eigenvalue weighted by Crippen LogP contribution is -2.39. The third kappa shape index (κ3) is 3.35. The zero-order chi connectivity index (χ0) is 14.0. The number of halogens is 2. The fourth-order valence-electron chi connectivity index (χ4n) is 2.65. The Bertz CT molecular complexity index is 469. The summed E-state index contributed by atoms with van der Waals surface area (Å²) in [6.45, 7) is 2.26. The molecule has 0 radical (unpaired) electrons. The highest BCUT2D eigenvalue weighted by Gasteiger charge is 2.26. The van der Waals surface area contributed by atoms with Crippen molar-refractivity contribution in [3.05, 3.63) is 34.1 Å². The van der Waals surface area contributed by atoms with E-state index in [9.17, 15) is 9.18 Å². The van der Waals surface area contributed by atoms with Gasteiger partial charge in [0.2, 0.25) is 0 Å². The molecule has 2 nitrogen and oxygen atoms in total. The molecule has 0 saturated heterocycles. The number of carbonyl (C=O) groups is 1. The average Bonchev–Trinajstić information content (AvgIpc) is 2.38. The Kier molecular flexibility index (Phi) is 4.61. The van der Waals surface area contributed by atoms with Gasteiger partial charge in [-0.2, -0.15) is 0 Å². The van der Waals surface area contributed by atoms with Gasteiger partial charge in [0.05, 0.1) is 5.56 Å². The van der Waals surface area contributed by atoms with E-state index in [-0.39, 0.29) is 11.7 Å². The summed E-state index contributed by atoms with van der Waals surface area (Å²) < 4.78 is 13.6. The molecule has 0 heterocycles. The van der Waals surface area contributed by atoms with Crippen molar-refractivity contribution < 1.29 is 9.18 Å². The van der Waals surface area contributed by atoms with Gasteiger partial charge in [0, 0.05) is 17.6 Å². The minimum absolute atomic E-state index is 0.0357. The van der Waals surface area contributed by atoms with E-state index in [0.717, 1.165) is 18.8 Å². The van der Waals surface area contributed by atoms with Crippen molar-refractivity contribution in [3.8, 4) is 0 Å². The van der Waals surface area contributed by atoms with Crippen molar-refractivity contribution in [2.75, 3.05) is 7.05 Å². The summed E-state index contributed by atoms with van der Waals surface area (Å²) in [5, 5.41) is 0. The highest BCUT2D eigenvalue weighted by Crippen LogP contribution is 2.28. The van der Waals surface area contributed by atoms with Crippen molar-refractivity contribution in [2.24, 2.45) is 5.92 Å². The molecule has 4 heteroatoms. The van der Waals surface area contributed by atoms with Crippen LogP contribution in [0.3, 0.4) is 0 Å². The molecule has 0 spiro atoms. The standard InChI is InChI=1S/C15H19BrFNO/c1-10-3-6-12(7-4-10)18(2)15(19)13-8-5-11(17)9-14(13)16/h5,8-10,12H,3-4,6-7H2,1-2H3. The summed E-state index contributed by atoms with van der Waals surface area (Å²) in [6.07, 6.45) is 4.46. The second-order valence-electron chi connectivity index (χ2n) is 5.45. The molecule has 0 aromatic heterocycles. The molecular weight excluding hydrogens is 309 g/mol. The lowest BCUT2D eigenvalue weighted by molar-refractivity contribution is 0.0678. The quantitative estimate of drug-likeness (QED) is 0.795. The topological polar surface area (TPSA) is 20.3 Å². The van der Waals surface area contributed by atoms with E-state index in [1.807, 2.05) is 11.9 Å². The van der Waals surface area contributed by atoms with E-state index in [2.05, 4.69) is 22.9 Å². The maximum absolute atomic E-state index is 13.1. The minimum Gasteiger partial charge on any atom is -0.339 e. The Balaban J connectivity index is 2.10. The number of rotatable bonds is 2. The van der Waals surface area contributed by atoms with Gasteiger partial charge in [-0.3, -0.25) is 4.79 Å². The van der Waals surface area contributed by atoms with Gasteiger partial charge in [0.15, 0.2) is 0 Å². The average molecular weight is 328 g/mol. The smallest absolute Gasteiger partial charge is 0.254 e. The molecule has 1 amide bonds. The maximum Gasteiger partial charge on any atom is 0.254 e. The van der Waals surface area contributed by atoms with E-state index < -0.39 is 0 Å². The van der Waals surface area contributed by atoms with E-state index in [1.165, 1.54) is 25.0 Å². The molecule has 0 aliphatic heterocycles. The van der Waals surface area contributed by atoms with E-state index in [1.54, 1.807) is 6.07 Å². The first-order valence-electron chi connectivity index (χ1n) is 6.71. The van der Waals surface area contributed by atoms with E-state index >= 15 is 0 Å². The molecule has 0 unspecified atom stereocenters. The van der Waals surface area contributed by atoms with Crippen LogP contribution in [-0.2, 0) is 0 Å². The zero-order valence-electron chi connectivity index (χ0n) is 11.3. The minimum atomic E-state index is -0.336. The van der Waals surface area contributed by atoms with Crippen molar-refractivity contribution >= 4 is 21.8 Å². The van der Waals surface area contributed by atoms with E-state index in [0.29, 0.717) is 16.1 Å². The zero-order valence-corrected chi connectivity index (χ0v) is 12.9. The lowest BCUT2D eigenvalue weighted by atomic mass is 9.86. The van der Waals surface area contributed by atoms with Crippen LogP contribution in [0, 0.1) is 11.7 Å². The monoisotopic (exact) mass is 327 g/mol. The summed E-state index contributed by atoms with van der Waals surface area (Å²) in [6, 6.07) is 4.52. The largest absolute Gasteiger partial charge is 0.339 e. The van der Waals surface area contributed by atoms with Crippen LogP contribution in [-0.4, -0.2) is 23.9 Å². The molecule has 0 N–H and O–H groups in total. The van der Waals surface area contributed by atoms with Gasteiger partial charge in [-0.1, -0.05) is 6.92 Å². The molecule has 2 rings (SSSR count). The van der Waals surface area contributed by atoms with Crippen LogP contribution in [0.15, 0.2) is 22.7 Å². The third-order valence-corrected chi connectivity index (χ3v) is 4.67. The number of hydrogen-bond acceptors (Lipinski definition) is 1. The van der Waals surface area contributed by atoms with Crippen LogP contribution >= 0.6 is 15.9 Å². The van der Waals surface area contributed by atoms with Crippen LogP contribution in [0.1, 0.15) is 43.0 Å². The van der Waals surface area contributed by atoms with Crippen LogP contribution in [0.25, 0.3) is 0 Å². The Labute approximate surface area is 122 Å². The van der Waals surface area contributed by atoms with Gasteiger partial charge >= 0.3 is 0 Å².